The van der Waals surface area contributed by atoms with Gasteiger partial charge in [-0.2, -0.15) is 15.0 Å². The van der Waals surface area contributed by atoms with Gasteiger partial charge in [0.15, 0.2) is 10.3 Å². The Balaban J connectivity index is 2.65. The molecule has 150 valence electrons. The van der Waals surface area contributed by atoms with Crippen molar-refractivity contribution in [1.82, 2.24) is 15.0 Å². The summed E-state index contributed by atoms with van der Waals surface area (Å²) in [6.45, 7) is 13.6. The van der Waals surface area contributed by atoms with Gasteiger partial charge in [-0.1, -0.05) is 11.8 Å². The second kappa shape index (κ2) is 12.9. The van der Waals surface area contributed by atoms with Crippen molar-refractivity contribution in [2.45, 2.75) is 57.4 Å². The van der Waals surface area contributed by atoms with E-state index in [0.717, 1.165) is 31.3 Å². The zero-order valence-electron chi connectivity index (χ0n) is 16.5. The summed E-state index contributed by atoms with van der Waals surface area (Å²) in [5.74, 6) is 1.54. The molecular weight excluding hydrogens is 388 g/mol. The van der Waals surface area contributed by atoms with Crippen molar-refractivity contribution < 1.29 is 13.3 Å². The fraction of sp³-hybridized carbons (Fsp3) is 0.812. The molecule has 0 unspecified atom stereocenters. The highest BCUT2D eigenvalue weighted by atomic mass is 32.2. The van der Waals surface area contributed by atoms with Crippen LogP contribution in [0, 0.1) is 0 Å². The highest BCUT2D eigenvalue weighted by Gasteiger charge is 2.39. The van der Waals surface area contributed by atoms with Crippen molar-refractivity contribution in [2.75, 3.05) is 43.6 Å². The molecule has 0 aliphatic heterocycles. The van der Waals surface area contributed by atoms with Crippen LogP contribution in [0.3, 0.4) is 0 Å². The molecule has 1 aromatic rings. The van der Waals surface area contributed by atoms with Gasteiger partial charge in [0.1, 0.15) is 0 Å². The molecular formula is C16H32N4O3S2Si. The summed E-state index contributed by atoms with van der Waals surface area (Å²) in [5, 5.41) is 1.15. The number of thiol groups is 1. The molecule has 0 atom stereocenters. The van der Waals surface area contributed by atoms with Crippen molar-refractivity contribution in [3.63, 3.8) is 0 Å². The predicted molar refractivity (Wildman–Crippen MR) is 111 cm³/mol. The zero-order valence-corrected chi connectivity index (χ0v) is 19.2. The van der Waals surface area contributed by atoms with E-state index in [4.69, 9.17) is 13.3 Å². The normalized spacial score (nSPS) is 11.8. The Labute approximate surface area is 168 Å². The number of rotatable bonds is 14. The maximum Gasteiger partial charge on any atom is 0.500 e. The van der Waals surface area contributed by atoms with Crippen LogP contribution < -0.4 is 4.90 Å². The van der Waals surface area contributed by atoms with Crippen molar-refractivity contribution >= 4 is 39.1 Å². The Hall–Kier alpha value is -0.393. The lowest BCUT2D eigenvalue weighted by molar-refractivity contribution is 0.0712. The first-order chi connectivity index (χ1) is 12.5. The second-order valence-electron chi connectivity index (χ2n) is 5.32. The van der Waals surface area contributed by atoms with Gasteiger partial charge in [-0.3, -0.25) is 0 Å². The van der Waals surface area contributed by atoms with Crippen molar-refractivity contribution in [3.05, 3.63) is 0 Å². The van der Waals surface area contributed by atoms with E-state index in [0.29, 0.717) is 36.1 Å². The summed E-state index contributed by atoms with van der Waals surface area (Å²) < 4.78 is 17.7. The van der Waals surface area contributed by atoms with Crippen LogP contribution in [0.2, 0.25) is 6.04 Å². The third kappa shape index (κ3) is 7.69. The number of hydrogen-bond acceptors (Lipinski definition) is 9. The molecule has 26 heavy (non-hydrogen) atoms. The fourth-order valence-electron chi connectivity index (χ4n) is 2.50. The van der Waals surface area contributed by atoms with E-state index in [-0.39, 0.29) is 0 Å². The largest absolute Gasteiger partial charge is 0.500 e. The molecule has 1 heterocycles. The van der Waals surface area contributed by atoms with Crippen LogP contribution in [0.15, 0.2) is 10.3 Å². The van der Waals surface area contributed by atoms with Crippen LogP contribution in [-0.2, 0) is 13.3 Å². The molecule has 0 spiro atoms. The number of aromatic nitrogens is 3. The van der Waals surface area contributed by atoms with Gasteiger partial charge in [-0.15, -0.1) is 12.6 Å². The maximum atomic E-state index is 5.89. The first-order valence-corrected chi connectivity index (χ1v) is 12.6. The van der Waals surface area contributed by atoms with Crippen molar-refractivity contribution in [2.24, 2.45) is 0 Å². The number of hydrogen-bond donors (Lipinski definition) is 1. The maximum absolute atomic E-state index is 5.89. The van der Waals surface area contributed by atoms with E-state index >= 15 is 0 Å². The van der Waals surface area contributed by atoms with Gasteiger partial charge in [0.25, 0.3) is 0 Å². The van der Waals surface area contributed by atoms with Gasteiger partial charge < -0.3 is 18.2 Å². The van der Waals surface area contributed by atoms with Crippen LogP contribution in [0.25, 0.3) is 0 Å². The molecule has 0 saturated carbocycles. The number of nitrogens with zero attached hydrogens (tertiary/aromatic N) is 4. The topological polar surface area (TPSA) is 69.6 Å². The van der Waals surface area contributed by atoms with Crippen LogP contribution in [0.1, 0.15) is 41.0 Å². The molecule has 0 aliphatic rings. The minimum absolute atomic E-state index is 0.450. The van der Waals surface area contributed by atoms with E-state index in [1.54, 1.807) is 11.8 Å². The fourth-order valence-corrected chi connectivity index (χ4v) is 6.39. The monoisotopic (exact) mass is 420 g/mol. The van der Waals surface area contributed by atoms with E-state index in [2.05, 4.69) is 46.3 Å². The van der Waals surface area contributed by atoms with Crippen molar-refractivity contribution in [1.29, 1.82) is 0 Å². The average molecular weight is 421 g/mol. The first-order valence-electron chi connectivity index (χ1n) is 9.28. The molecule has 7 nitrogen and oxygen atoms in total. The predicted octanol–water partition coefficient (Wildman–Crippen LogP) is 3.54. The summed E-state index contributed by atoms with van der Waals surface area (Å²) in [6.07, 6.45) is 0.908. The minimum atomic E-state index is -2.57. The molecule has 1 aromatic heterocycles. The van der Waals surface area contributed by atoms with E-state index in [1.165, 1.54) is 0 Å². The lowest BCUT2D eigenvalue weighted by atomic mass is 10.5. The molecule has 0 radical (unpaired) electrons. The Morgan fingerprint density at radius 3 is 2.00 bits per heavy atom. The Bertz CT molecular complexity index is 507. The van der Waals surface area contributed by atoms with Gasteiger partial charge in [-0.05, 0) is 41.0 Å². The number of anilines is 1. The van der Waals surface area contributed by atoms with Crippen LogP contribution in [-0.4, -0.2) is 62.4 Å². The van der Waals surface area contributed by atoms with Gasteiger partial charge >= 0.3 is 8.80 Å². The quantitative estimate of drug-likeness (QED) is 0.212. The van der Waals surface area contributed by atoms with Crippen LogP contribution in [0.4, 0.5) is 5.95 Å². The Kier molecular flexibility index (Phi) is 11.7. The number of thioether (sulfide) groups is 1. The highest BCUT2D eigenvalue weighted by molar-refractivity contribution is 7.99. The summed E-state index contributed by atoms with van der Waals surface area (Å²) in [6, 6.07) is 0.789. The van der Waals surface area contributed by atoms with Gasteiger partial charge in [-0.25, -0.2) is 0 Å². The lowest BCUT2D eigenvalue weighted by Crippen LogP contribution is -2.46. The van der Waals surface area contributed by atoms with Gasteiger partial charge in [0, 0.05) is 44.7 Å². The van der Waals surface area contributed by atoms with Crippen LogP contribution >= 0.6 is 24.4 Å². The van der Waals surface area contributed by atoms with E-state index in [9.17, 15) is 0 Å². The molecule has 0 amide bonds. The third-order valence-corrected chi connectivity index (χ3v) is 7.87. The Morgan fingerprint density at radius 2 is 1.50 bits per heavy atom. The molecule has 10 heteroatoms. The molecule has 0 aromatic carbocycles. The highest BCUT2D eigenvalue weighted by Crippen LogP contribution is 2.23. The first kappa shape index (κ1) is 23.6. The molecule has 0 saturated heterocycles. The van der Waals surface area contributed by atoms with Crippen LogP contribution in [0.5, 0.6) is 0 Å². The lowest BCUT2D eigenvalue weighted by Gasteiger charge is -2.28. The molecule has 1 rings (SSSR count). The SMILES string of the molecule is CCO[Si](CCCSc1nc(S)nc(N(CC)CC)n1)(OCC)OCC. The van der Waals surface area contributed by atoms with E-state index in [1.807, 2.05) is 20.8 Å². The summed E-state index contributed by atoms with van der Waals surface area (Å²) in [7, 11) is -2.57. The van der Waals surface area contributed by atoms with Crippen molar-refractivity contribution in [3.8, 4) is 0 Å². The third-order valence-electron chi connectivity index (χ3n) is 3.59. The molecule has 0 bridgehead atoms. The molecule has 0 N–H and O–H groups in total. The zero-order chi connectivity index (χ0) is 19.4. The molecule has 0 fully saturated rings. The minimum Gasteiger partial charge on any atom is -0.374 e. The standard InChI is InChI=1S/C16H32N4O3S2Si/c1-6-20(7-2)14-17-15(24)19-16(18-14)25-12-11-13-26(21-8-3,22-9-4)23-10-5/h6-13H2,1-5H3,(H,17,18,19,24). The molecule has 0 aliphatic carbocycles. The van der Waals surface area contributed by atoms with Gasteiger partial charge in [0.05, 0.1) is 0 Å². The second-order valence-corrected chi connectivity index (χ2v) is 9.52. The average Bonchev–Trinajstić information content (AvgIpc) is 2.60. The van der Waals surface area contributed by atoms with Gasteiger partial charge in [0.2, 0.25) is 5.95 Å². The smallest absolute Gasteiger partial charge is 0.374 e. The Morgan fingerprint density at radius 1 is 0.923 bits per heavy atom. The van der Waals surface area contributed by atoms with E-state index < -0.39 is 8.80 Å². The summed E-state index contributed by atoms with van der Waals surface area (Å²) in [5.41, 5.74) is 0. The summed E-state index contributed by atoms with van der Waals surface area (Å²) >= 11 is 5.91. The summed E-state index contributed by atoms with van der Waals surface area (Å²) in [4.78, 5) is 15.3.